The number of urea groups is 1. The van der Waals surface area contributed by atoms with Crippen molar-refractivity contribution < 1.29 is 14.3 Å². The van der Waals surface area contributed by atoms with Crippen molar-refractivity contribution in [3.63, 3.8) is 0 Å². The maximum Gasteiger partial charge on any atom is 0.322 e. The van der Waals surface area contributed by atoms with Gasteiger partial charge in [0.25, 0.3) is 0 Å². The number of carbonyl (C=O) groups is 1. The quantitative estimate of drug-likeness (QED) is 0.913. The second-order valence-electron chi connectivity index (χ2n) is 6.15. The Balaban J connectivity index is 1.73. The van der Waals surface area contributed by atoms with Crippen LogP contribution in [0.15, 0.2) is 18.2 Å². The Morgan fingerprint density at radius 2 is 1.70 bits per heavy atom. The first kappa shape index (κ1) is 16.3. The van der Waals surface area contributed by atoms with Gasteiger partial charge in [-0.05, 0) is 31.9 Å². The summed E-state index contributed by atoms with van der Waals surface area (Å²) in [5.74, 6) is 1.34. The van der Waals surface area contributed by atoms with Crippen molar-refractivity contribution in [3.05, 3.63) is 18.2 Å². The Hall–Kier alpha value is -1.56. The van der Waals surface area contributed by atoms with E-state index in [-0.39, 0.29) is 6.03 Å². The number of nitrogens with one attached hydrogen (secondary N) is 1. The molecule has 2 atom stereocenters. The van der Waals surface area contributed by atoms with Crippen LogP contribution in [-0.4, -0.2) is 48.7 Å². The Labute approximate surface area is 141 Å². The molecular formula is C17H24N2O3S. The fraction of sp³-hybridized carbons (Fsp3) is 0.588. The van der Waals surface area contributed by atoms with Crippen molar-refractivity contribution in [1.29, 1.82) is 0 Å². The van der Waals surface area contributed by atoms with Crippen LogP contribution in [0.5, 0.6) is 11.5 Å². The molecule has 2 aliphatic rings. The molecular weight excluding hydrogens is 312 g/mol. The highest BCUT2D eigenvalue weighted by atomic mass is 32.2. The van der Waals surface area contributed by atoms with E-state index in [1.807, 2.05) is 23.9 Å². The third kappa shape index (κ3) is 3.37. The standard InChI is InChI=1S/C17H24N2O3S/c1-21-14-6-11(7-15(10-14)22-2)18-17(20)19-12-4-5-13(19)9-16(8-12)23-3/h6-7,10,12-13,16H,4-5,8-9H2,1-3H3,(H,18,20)/t12-,13-/m0/s1. The molecule has 23 heavy (non-hydrogen) atoms. The molecule has 1 N–H and O–H groups in total. The number of anilines is 1. The monoisotopic (exact) mass is 336 g/mol. The number of rotatable bonds is 4. The summed E-state index contributed by atoms with van der Waals surface area (Å²) >= 11 is 1.93. The van der Waals surface area contributed by atoms with Gasteiger partial charge in [-0.2, -0.15) is 11.8 Å². The fourth-order valence-corrected chi connectivity index (χ4v) is 4.55. The SMILES string of the molecule is COc1cc(NC(=O)N2[C@H]3CC[C@H]2CC(SC)C3)cc(OC)c1. The first-order valence-electron chi connectivity index (χ1n) is 7.99. The highest BCUT2D eigenvalue weighted by Crippen LogP contribution is 2.40. The van der Waals surface area contributed by atoms with Crippen LogP contribution in [0.4, 0.5) is 10.5 Å². The van der Waals surface area contributed by atoms with E-state index in [0.29, 0.717) is 34.5 Å². The minimum Gasteiger partial charge on any atom is -0.497 e. The maximum absolute atomic E-state index is 12.7. The van der Waals surface area contributed by atoms with E-state index in [9.17, 15) is 4.79 Å². The van der Waals surface area contributed by atoms with Crippen LogP contribution in [0.3, 0.4) is 0 Å². The van der Waals surface area contributed by atoms with Crippen molar-refractivity contribution in [2.24, 2.45) is 0 Å². The predicted octanol–water partition coefficient (Wildman–Crippen LogP) is 3.59. The minimum absolute atomic E-state index is 0.00707. The molecule has 1 aromatic carbocycles. The van der Waals surface area contributed by atoms with Gasteiger partial charge in [-0.25, -0.2) is 4.79 Å². The van der Waals surface area contributed by atoms with Crippen LogP contribution in [0.1, 0.15) is 25.7 Å². The van der Waals surface area contributed by atoms with E-state index >= 15 is 0 Å². The largest absolute Gasteiger partial charge is 0.497 e. The van der Waals surface area contributed by atoms with Gasteiger partial charge in [0, 0.05) is 41.2 Å². The number of methoxy groups -OCH3 is 2. The number of hydrogen-bond acceptors (Lipinski definition) is 4. The molecule has 2 amide bonds. The number of piperidine rings is 1. The molecule has 0 aromatic heterocycles. The third-order valence-corrected chi connectivity index (χ3v) is 5.91. The lowest BCUT2D eigenvalue weighted by atomic mass is 10.0. The van der Waals surface area contributed by atoms with E-state index < -0.39 is 0 Å². The van der Waals surface area contributed by atoms with E-state index in [2.05, 4.69) is 16.5 Å². The van der Waals surface area contributed by atoms with Crippen molar-refractivity contribution >= 4 is 23.5 Å². The van der Waals surface area contributed by atoms with Crippen molar-refractivity contribution in [1.82, 2.24) is 4.90 Å². The fourth-order valence-electron chi connectivity index (χ4n) is 3.72. The lowest BCUT2D eigenvalue weighted by molar-refractivity contribution is 0.161. The van der Waals surface area contributed by atoms with Gasteiger partial charge in [0.05, 0.1) is 14.2 Å². The van der Waals surface area contributed by atoms with Crippen LogP contribution in [0.25, 0.3) is 0 Å². The summed E-state index contributed by atoms with van der Waals surface area (Å²) in [4.78, 5) is 14.8. The lowest BCUT2D eigenvalue weighted by Crippen LogP contribution is -2.49. The third-order valence-electron chi connectivity index (χ3n) is 4.86. The number of ether oxygens (including phenoxy) is 2. The zero-order valence-electron chi connectivity index (χ0n) is 13.9. The molecule has 3 rings (SSSR count). The Morgan fingerprint density at radius 3 is 2.17 bits per heavy atom. The molecule has 2 fully saturated rings. The first-order valence-corrected chi connectivity index (χ1v) is 9.28. The predicted molar refractivity (Wildman–Crippen MR) is 93.8 cm³/mol. The van der Waals surface area contributed by atoms with Gasteiger partial charge in [0.1, 0.15) is 11.5 Å². The number of fused-ring (bicyclic) bond motifs is 2. The highest BCUT2D eigenvalue weighted by Gasteiger charge is 2.43. The van der Waals surface area contributed by atoms with Gasteiger partial charge in [-0.3, -0.25) is 0 Å². The number of amides is 2. The number of carbonyl (C=O) groups excluding carboxylic acids is 1. The van der Waals surface area contributed by atoms with Crippen LogP contribution < -0.4 is 14.8 Å². The molecule has 2 heterocycles. The second-order valence-corrected chi connectivity index (χ2v) is 7.29. The molecule has 6 heteroatoms. The molecule has 2 aliphatic heterocycles. The molecule has 5 nitrogen and oxygen atoms in total. The summed E-state index contributed by atoms with van der Waals surface area (Å²) < 4.78 is 10.5. The average Bonchev–Trinajstić information content (AvgIpc) is 2.84. The Kier molecular flexibility index (Phi) is 4.90. The summed E-state index contributed by atoms with van der Waals surface area (Å²) in [6, 6.07) is 6.17. The van der Waals surface area contributed by atoms with Crippen LogP contribution in [-0.2, 0) is 0 Å². The number of nitrogens with zero attached hydrogens (tertiary/aromatic N) is 1. The molecule has 2 saturated heterocycles. The number of benzene rings is 1. The van der Waals surface area contributed by atoms with Gasteiger partial charge < -0.3 is 19.7 Å². The van der Waals surface area contributed by atoms with Crippen LogP contribution in [0.2, 0.25) is 0 Å². The molecule has 1 aromatic rings. The molecule has 2 bridgehead atoms. The van der Waals surface area contributed by atoms with E-state index in [0.717, 1.165) is 25.7 Å². The van der Waals surface area contributed by atoms with Gasteiger partial charge in [-0.1, -0.05) is 0 Å². The van der Waals surface area contributed by atoms with Crippen molar-refractivity contribution in [2.75, 3.05) is 25.8 Å². The van der Waals surface area contributed by atoms with E-state index in [4.69, 9.17) is 9.47 Å². The Bertz CT molecular complexity index is 545. The molecule has 0 saturated carbocycles. The number of hydrogen-bond donors (Lipinski definition) is 1. The smallest absolute Gasteiger partial charge is 0.322 e. The zero-order valence-corrected chi connectivity index (χ0v) is 14.7. The summed E-state index contributed by atoms with van der Waals surface area (Å²) in [6.45, 7) is 0. The van der Waals surface area contributed by atoms with Crippen molar-refractivity contribution in [2.45, 2.75) is 43.0 Å². The Morgan fingerprint density at radius 1 is 1.13 bits per heavy atom. The normalized spacial score (nSPS) is 26.0. The average molecular weight is 336 g/mol. The van der Waals surface area contributed by atoms with Crippen molar-refractivity contribution in [3.8, 4) is 11.5 Å². The van der Waals surface area contributed by atoms with Crippen LogP contribution in [0, 0.1) is 0 Å². The summed E-state index contributed by atoms with van der Waals surface area (Å²) in [6.07, 6.45) is 6.62. The van der Waals surface area contributed by atoms with E-state index in [1.165, 1.54) is 0 Å². The summed E-state index contributed by atoms with van der Waals surface area (Å²) in [5.41, 5.74) is 0.706. The molecule has 126 valence electrons. The summed E-state index contributed by atoms with van der Waals surface area (Å²) in [5, 5.41) is 3.70. The van der Waals surface area contributed by atoms with Gasteiger partial charge in [0.15, 0.2) is 0 Å². The van der Waals surface area contributed by atoms with Crippen LogP contribution >= 0.6 is 11.8 Å². The molecule has 0 aliphatic carbocycles. The second kappa shape index (κ2) is 6.91. The zero-order chi connectivity index (χ0) is 16.4. The molecule has 0 unspecified atom stereocenters. The van der Waals surface area contributed by atoms with Gasteiger partial charge in [-0.15, -0.1) is 0 Å². The molecule has 0 radical (unpaired) electrons. The van der Waals surface area contributed by atoms with E-state index in [1.54, 1.807) is 20.3 Å². The molecule has 0 spiro atoms. The van der Waals surface area contributed by atoms with Gasteiger partial charge >= 0.3 is 6.03 Å². The highest BCUT2D eigenvalue weighted by molar-refractivity contribution is 7.99. The topological polar surface area (TPSA) is 50.8 Å². The lowest BCUT2D eigenvalue weighted by Gasteiger charge is -2.38. The summed E-state index contributed by atoms with van der Waals surface area (Å²) in [7, 11) is 3.21. The first-order chi connectivity index (χ1) is 11.1. The minimum atomic E-state index is -0.00707. The van der Waals surface area contributed by atoms with Gasteiger partial charge in [0.2, 0.25) is 0 Å². The maximum atomic E-state index is 12.7. The number of thioether (sulfide) groups is 1.